The molecule has 1 N–H and O–H groups in total. The molecule has 2 atom stereocenters. The molecule has 2 amide bonds. The molecule has 8 nitrogen and oxygen atoms in total. The van der Waals surface area contributed by atoms with Crippen molar-refractivity contribution in [2.45, 2.75) is 61.8 Å². The molecule has 1 aromatic carbocycles. The van der Waals surface area contributed by atoms with Crippen LogP contribution < -0.4 is 5.32 Å². The van der Waals surface area contributed by atoms with Gasteiger partial charge in [-0.3, -0.25) is 14.5 Å². The fourth-order valence-electron chi connectivity index (χ4n) is 4.99. The lowest BCUT2D eigenvalue weighted by Crippen LogP contribution is -2.54. The lowest BCUT2D eigenvalue weighted by molar-refractivity contribution is -0.131. The van der Waals surface area contributed by atoms with Gasteiger partial charge in [0.2, 0.25) is 11.8 Å². The van der Waals surface area contributed by atoms with Gasteiger partial charge in [-0.25, -0.2) is 8.42 Å². The van der Waals surface area contributed by atoms with Crippen molar-refractivity contribution < 1.29 is 18.0 Å². The minimum Gasteiger partial charge on any atom is -0.343 e. The Morgan fingerprint density at radius 3 is 2.33 bits per heavy atom. The van der Waals surface area contributed by atoms with E-state index in [0.29, 0.717) is 18.6 Å². The molecule has 198 valence electrons. The minimum atomic E-state index is -3.56. The summed E-state index contributed by atoms with van der Waals surface area (Å²) in [5, 5.41) is 11.3. The van der Waals surface area contributed by atoms with E-state index in [9.17, 15) is 18.0 Å². The number of nitrogens with zero attached hydrogens (tertiary/aromatic N) is 3. The Morgan fingerprint density at radius 1 is 1.08 bits per heavy atom. The first-order valence-corrected chi connectivity index (χ1v) is 15.3. The van der Waals surface area contributed by atoms with Crippen molar-refractivity contribution in [2.24, 2.45) is 11.8 Å². The molecule has 1 aliphatic carbocycles. The Bertz CT molecular complexity index is 1050. The summed E-state index contributed by atoms with van der Waals surface area (Å²) in [6.07, 6.45) is 3.12. The van der Waals surface area contributed by atoms with Gasteiger partial charge in [-0.1, -0.05) is 12.8 Å². The summed E-state index contributed by atoms with van der Waals surface area (Å²) in [5.41, 5.74) is 0.105. The predicted molar refractivity (Wildman–Crippen MR) is 141 cm³/mol. The second kappa shape index (κ2) is 12.4. The van der Waals surface area contributed by atoms with Gasteiger partial charge in [-0.2, -0.15) is 5.26 Å². The number of amides is 2. The zero-order valence-corrected chi connectivity index (χ0v) is 23.2. The maximum absolute atomic E-state index is 13.1. The highest BCUT2D eigenvalue weighted by Crippen LogP contribution is 2.33. The number of thioether (sulfide) groups is 1. The summed E-state index contributed by atoms with van der Waals surface area (Å²) in [6.45, 7) is 9.68. The van der Waals surface area contributed by atoms with Gasteiger partial charge in [0.05, 0.1) is 22.5 Å². The molecule has 1 heterocycles. The van der Waals surface area contributed by atoms with Crippen molar-refractivity contribution in [3.05, 3.63) is 24.3 Å². The zero-order valence-electron chi connectivity index (χ0n) is 21.5. The average Bonchev–Trinajstić information content (AvgIpc) is 2.85. The lowest BCUT2D eigenvalue weighted by atomic mass is 9.80. The highest BCUT2D eigenvalue weighted by Gasteiger charge is 2.34. The van der Waals surface area contributed by atoms with Crippen LogP contribution in [0.15, 0.2) is 34.1 Å². The maximum atomic E-state index is 13.1. The summed E-state index contributed by atoms with van der Waals surface area (Å²) in [6, 6.07) is 8.59. The second-order valence-electron chi connectivity index (χ2n) is 10.6. The van der Waals surface area contributed by atoms with Crippen LogP contribution in [0, 0.1) is 23.2 Å². The van der Waals surface area contributed by atoms with Gasteiger partial charge in [0.25, 0.3) is 0 Å². The van der Waals surface area contributed by atoms with Crippen LogP contribution >= 0.6 is 11.8 Å². The van der Waals surface area contributed by atoms with Gasteiger partial charge in [-0.15, -0.1) is 11.8 Å². The maximum Gasteiger partial charge on any atom is 0.233 e. The van der Waals surface area contributed by atoms with E-state index in [1.807, 2.05) is 11.0 Å². The number of benzene rings is 1. The van der Waals surface area contributed by atoms with Crippen molar-refractivity contribution >= 4 is 33.4 Å². The molecule has 36 heavy (non-hydrogen) atoms. The fourth-order valence-corrected chi connectivity index (χ4v) is 7.50. The van der Waals surface area contributed by atoms with E-state index in [1.54, 1.807) is 24.3 Å². The van der Waals surface area contributed by atoms with E-state index in [-0.39, 0.29) is 46.4 Å². The summed E-state index contributed by atoms with van der Waals surface area (Å²) in [5.74, 6) is -0.524. The second-order valence-corrected chi connectivity index (χ2v) is 13.7. The Morgan fingerprint density at radius 2 is 1.72 bits per heavy atom. The highest BCUT2D eigenvalue weighted by atomic mass is 32.2. The molecule has 0 unspecified atom stereocenters. The van der Waals surface area contributed by atoms with Crippen LogP contribution in [0.25, 0.3) is 0 Å². The zero-order chi connectivity index (χ0) is 26.3. The Balaban J connectivity index is 1.53. The van der Waals surface area contributed by atoms with E-state index in [4.69, 9.17) is 5.26 Å². The third-order valence-corrected chi connectivity index (χ3v) is 10.0. The number of nitriles is 1. The molecule has 1 aromatic rings. The number of carbonyl (C=O) groups is 2. The minimum absolute atomic E-state index is 0.0659. The molecule has 0 aromatic heterocycles. The smallest absolute Gasteiger partial charge is 0.233 e. The average molecular weight is 535 g/mol. The number of piperazine rings is 1. The van der Waals surface area contributed by atoms with Gasteiger partial charge >= 0.3 is 0 Å². The standard InChI is InChI=1S/C26H38N4O4S2/c1-26(2,3)30-16-14-29(15-17-30)24(31)18-35-21-8-10-22(11-9-21)36(33,34)19-20-6-4-5-7-23(20)25(32)28-13-12-27/h8-11,20,23H,4-7,13-19H2,1-3H3,(H,28,32)/t20-,23+/m0/s1. The van der Waals surface area contributed by atoms with Gasteiger partial charge in [0.15, 0.2) is 9.84 Å². The Hall–Kier alpha value is -2.09. The third kappa shape index (κ3) is 7.70. The number of hydrogen-bond acceptors (Lipinski definition) is 7. The molecule has 2 fully saturated rings. The van der Waals surface area contributed by atoms with Crippen LogP contribution in [0.1, 0.15) is 46.5 Å². The summed E-state index contributed by atoms with van der Waals surface area (Å²) in [4.78, 5) is 30.5. The third-order valence-electron chi connectivity index (χ3n) is 7.15. The predicted octanol–water partition coefficient (Wildman–Crippen LogP) is 2.94. The molecule has 0 radical (unpaired) electrons. The topological polar surface area (TPSA) is 111 Å². The quantitative estimate of drug-likeness (QED) is 0.403. The van der Waals surface area contributed by atoms with Crippen LogP contribution in [-0.2, 0) is 19.4 Å². The molecule has 3 rings (SSSR count). The molecule has 1 saturated heterocycles. The van der Waals surface area contributed by atoms with Crippen molar-refractivity contribution in [2.75, 3.05) is 44.2 Å². The van der Waals surface area contributed by atoms with E-state index in [2.05, 4.69) is 31.0 Å². The van der Waals surface area contributed by atoms with Crippen molar-refractivity contribution in [3.63, 3.8) is 0 Å². The van der Waals surface area contributed by atoms with Gasteiger partial charge in [0, 0.05) is 42.5 Å². The van der Waals surface area contributed by atoms with Crippen LogP contribution in [0.5, 0.6) is 0 Å². The Labute approximate surface area is 219 Å². The first-order valence-electron chi connectivity index (χ1n) is 12.6. The van der Waals surface area contributed by atoms with Gasteiger partial charge in [0.1, 0.15) is 6.54 Å². The molecule has 0 bridgehead atoms. The largest absolute Gasteiger partial charge is 0.343 e. The van der Waals surface area contributed by atoms with E-state index in [1.165, 1.54) is 11.8 Å². The molecule has 2 aliphatic rings. The van der Waals surface area contributed by atoms with Gasteiger partial charge < -0.3 is 10.2 Å². The van der Waals surface area contributed by atoms with Crippen LogP contribution in [-0.4, -0.2) is 79.8 Å². The lowest BCUT2D eigenvalue weighted by Gasteiger charge is -2.42. The monoisotopic (exact) mass is 534 g/mol. The summed E-state index contributed by atoms with van der Waals surface area (Å²) in [7, 11) is -3.56. The Kier molecular flexibility index (Phi) is 9.84. The first-order chi connectivity index (χ1) is 17.0. The normalized spacial score (nSPS) is 21.6. The molecule has 1 saturated carbocycles. The molecule has 0 spiro atoms. The summed E-state index contributed by atoms with van der Waals surface area (Å²) >= 11 is 1.42. The van der Waals surface area contributed by atoms with Crippen LogP contribution in [0.4, 0.5) is 0 Å². The molecule has 10 heteroatoms. The molecule has 1 aliphatic heterocycles. The van der Waals surface area contributed by atoms with Crippen LogP contribution in [0.3, 0.4) is 0 Å². The molecular formula is C26H38N4O4S2. The SMILES string of the molecule is CC(C)(C)N1CCN(C(=O)CSc2ccc(S(=O)(=O)C[C@@H]3CCCC[C@H]3C(=O)NCC#N)cc2)CC1. The fraction of sp³-hybridized carbons (Fsp3) is 0.654. The number of carbonyl (C=O) groups excluding carboxylic acids is 2. The van der Waals surface area contributed by atoms with E-state index < -0.39 is 9.84 Å². The van der Waals surface area contributed by atoms with E-state index >= 15 is 0 Å². The number of hydrogen-bond donors (Lipinski definition) is 1. The van der Waals surface area contributed by atoms with Gasteiger partial charge in [-0.05, 0) is 63.8 Å². The van der Waals surface area contributed by atoms with Crippen LogP contribution in [0.2, 0.25) is 0 Å². The van der Waals surface area contributed by atoms with Crippen molar-refractivity contribution in [3.8, 4) is 6.07 Å². The van der Waals surface area contributed by atoms with E-state index in [0.717, 1.165) is 43.9 Å². The summed E-state index contributed by atoms with van der Waals surface area (Å²) < 4.78 is 26.2. The number of nitrogens with one attached hydrogen (secondary N) is 1. The number of sulfone groups is 1. The van der Waals surface area contributed by atoms with Crippen molar-refractivity contribution in [1.29, 1.82) is 5.26 Å². The molecular weight excluding hydrogens is 496 g/mol. The number of rotatable bonds is 8. The van der Waals surface area contributed by atoms with Crippen molar-refractivity contribution in [1.82, 2.24) is 15.1 Å². The highest BCUT2D eigenvalue weighted by molar-refractivity contribution is 8.00. The first kappa shape index (κ1) is 28.5.